The molecule has 2 aliphatic heterocycles. The molecule has 120 valence electrons. The molecule has 4 rings (SSSR count). The van der Waals surface area contributed by atoms with E-state index in [0.29, 0.717) is 19.7 Å². The van der Waals surface area contributed by atoms with Crippen LogP contribution >= 0.6 is 11.3 Å². The van der Waals surface area contributed by atoms with Crippen molar-refractivity contribution in [3.8, 4) is 0 Å². The second-order valence-electron chi connectivity index (χ2n) is 6.25. The van der Waals surface area contributed by atoms with E-state index in [1.54, 1.807) is 11.3 Å². The van der Waals surface area contributed by atoms with Crippen molar-refractivity contribution in [2.75, 3.05) is 19.7 Å². The van der Waals surface area contributed by atoms with E-state index in [1.807, 2.05) is 29.2 Å². The molecule has 3 heterocycles. The molecule has 1 saturated heterocycles. The molecular formula is C18H20N2O2S. The van der Waals surface area contributed by atoms with Crippen molar-refractivity contribution in [3.63, 3.8) is 0 Å². The van der Waals surface area contributed by atoms with Crippen LogP contribution in [0.3, 0.4) is 0 Å². The maximum Gasteiger partial charge on any atom is 0.264 e. The van der Waals surface area contributed by atoms with Crippen molar-refractivity contribution in [1.29, 1.82) is 0 Å². The van der Waals surface area contributed by atoms with Gasteiger partial charge < -0.3 is 15.4 Å². The van der Waals surface area contributed by atoms with Crippen LogP contribution in [0.25, 0.3) is 0 Å². The first kappa shape index (κ1) is 14.9. The molecule has 0 spiro atoms. The summed E-state index contributed by atoms with van der Waals surface area (Å²) in [6.45, 7) is 2.71. The number of thiophene rings is 1. The van der Waals surface area contributed by atoms with E-state index >= 15 is 0 Å². The first-order chi connectivity index (χ1) is 11.2. The molecule has 23 heavy (non-hydrogen) atoms. The van der Waals surface area contributed by atoms with E-state index in [-0.39, 0.29) is 17.9 Å². The minimum absolute atomic E-state index is 0.000676. The minimum atomic E-state index is -0.000676. The van der Waals surface area contributed by atoms with E-state index in [0.717, 1.165) is 17.9 Å². The number of nitrogens with two attached hydrogens (primary N) is 1. The molecule has 0 unspecified atom stereocenters. The van der Waals surface area contributed by atoms with Crippen molar-refractivity contribution in [3.05, 3.63) is 57.3 Å². The van der Waals surface area contributed by atoms with Crippen LogP contribution in [0, 0.1) is 0 Å². The Hall–Kier alpha value is -1.69. The van der Waals surface area contributed by atoms with Crippen molar-refractivity contribution in [2.24, 2.45) is 5.73 Å². The highest BCUT2D eigenvalue weighted by molar-refractivity contribution is 7.14. The first-order valence-corrected chi connectivity index (χ1v) is 8.83. The van der Waals surface area contributed by atoms with Crippen molar-refractivity contribution >= 4 is 17.2 Å². The smallest absolute Gasteiger partial charge is 0.264 e. The Bertz CT molecular complexity index is 690. The maximum absolute atomic E-state index is 12.8. The van der Waals surface area contributed by atoms with E-state index in [4.69, 9.17) is 10.5 Å². The molecule has 1 aromatic carbocycles. The molecule has 2 atom stereocenters. The zero-order chi connectivity index (χ0) is 15.8. The largest absolute Gasteiger partial charge is 0.376 e. The zero-order valence-electron chi connectivity index (χ0n) is 12.9. The molecule has 0 saturated carbocycles. The molecule has 2 N–H and O–H groups in total. The number of fused-ring (bicyclic) bond motifs is 1. The van der Waals surface area contributed by atoms with Crippen molar-refractivity contribution in [2.45, 2.75) is 25.0 Å². The lowest BCUT2D eigenvalue weighted by molar-refractivity contribution is 0.0793. The lowest BCUT2D eigenvalue weighted by Gasteiger charge is -2.15. The zero-order valence-corrected chi connectivity index (χ0v) is 13.7. The Kier molecular flexibility index (Phi) is 3.93. The highest BCUT2D eigenvalue weighted by Crippen LogP contribution is 2.31. The molecular weight excluding hydrogens is 308 g/mol. The number of nitrogens with zero attached hydrogens (tertiary/aromatic N) is 1. The molecule has 0 radical (unpaired) electrons. The fraction of sp³-hybridized carbons (Fsp3) is 0.389. The summed E-state index contributed by atoms with van der Waals surface area (Å²) in [4.78, 5) is 16.8. The maximum atomic E-state index is 12.8. The average Bonchev–Trinajstić information content (AvgIpc) is 3.18. The summed E-state index contributed by atoms with van der Waals surface area (Å²) in [6.07, 6.45) is 0.916. The fourth-order valence-electron chi connectivity index (χ4n) is 3.46. The number of ether oxygens (including phenoxy) is 1. The molecule has 0 bridgehead atoms. The Morgan fingerprint density at radius 3 is 2.87 bits per heavy atom. The second kappa shape index (κ2) is 6.07. The molecule has 1 aromatic heterocycles. The number of hydrogen-bond acceptors (Lipinski definition) is 4. The van der Waals surface area contributed by atoms with E-state index in [2.05, 4.69) is 12.1 Å². The van der Waals surface area contributed by atoms with Crippen LogP contribution in [0.1, 0.15) is 31.6 Å². The van der Waals surface area contributed by atoms with Gasteiger partial charge in [-0.15, -0.1) is 11.3 Å². The summed E-state index contributed by atoms with van der Waals surface area (Å²) in [5.41, 5.74) is 8.69. The summed E-state index contributed by atoms with van der Waals surface area (Å²) in [7, 11) is 0. The summed E-state index contributed by atoms with van der Waals surface area (Å²) in [5, 5.41) is 0. The molecule has 1 fully saturated rings. The lowest BCUT2D eigenvalue weighted by Crippen LogP contribution is -2.31. The first-order valence-electron chi connectivity index (χ1n) is 8.01. The molecule has 4 nitrogen and oxygen atoms in total. The monoisotopic (exact) mass is 328 g/mol. The van der Waals surface area contributed by atoms with Gasteiger partial charge in [0, 0.05) is 36.3 Å². The Morgan fingerprint density at radius 2 is 2.09 bits per heavy atom. The topological polar surface area (TPSA) is 55.6 Å². The predicted octanol–water partition coefficient (Wildman–Crippen LogP) is 2.39. The predicted molar refractivity (Wildman–Crippen MR) is 90.7 cm³/mol. The minimum Gasteiger partial charge on any atom is -0.376 e. The van der Waals surface area contributed by atoms with Crippen molar-refractivity contribution < 1.29 is 9.53 Å². The summed E-state index contributed by atoms with van der Waals surface area (Å²) >= 11 is 1.62. The van der Waals surface area contributed by atoms with Gasteiger partial charge in [-0.3, -0.25) is 4.79 Å². The number of carbonyl (C=O) groups is 1. The van der Waals surface area contributed by atoms with Gasteiger partial charge in [0.1, 0.15) is 0 Å². The van der Waals surface area contributed by atoms with Crippen LogP contribution in [0.4, 0.5) is 0 Å². The van der Waals surface area contributed by atoms with Crippen LogP contribution in [-0.2, 0) is 17.8 Å². The average molecular weight is 328 g/mol. The molecule has 2 aliphatic rings. The second-order valence-corrected chi connectivity index (χ2v) is 7.39. The van der Waals surface area contributed by atoms with E-state index in [1.165, 1.54) is 16.0 Å². The van der Waals surface area contributed by atoms with Gasteiger partial charge in [-0.2, -0.15) is 0 Å². The molecule has 5 heteroatoms. The number of benzene rings is 1. The van der Waals surface area contributed by atoms with Crippen LogP contribution in [0.15, 0.2) is 36.4 Å². The standard InChI is InChI=1S/C18H20N2O2S/c19-15-10-20(9-14(15)12-4-2-1-3-5-12)18(21)17-8-13-11-22-7-6-16(13)23-17/h1-5,8,14-15H,6-7,9-11,19H2/t14-,15+/m0/s1. The number of likely N-dealkylation sites (tertiary alicyclic amines) is 1. The van der Waals surface area contributed by atoms with Gasteiger partial charge in [0.25, 0.3) is 5.91 Å². The third kappa shape index (κ3) is 2.80. The van der Waals surface area contributed by atoms with Crippen LogP contribution in [0.2, 0.25) is 0 Å². The van der Waals surface area contributed by atoms with Gasteiger partial charge in [-0.25, -0.2) is 0 Å². The third-order valence-electron chi connectivity index (χ3n) is 4.72. The van der Waals surface area contributed by atoms with E-state index < -0.39 is 0 Å². The number of amides is 1. The fourth-order valence-corrected chi connectivity index (χ4v) is 4.57. The summed E-state index contributed by atoms with van der Waals surface area (Å²) in [5.74, 6) is 0.330. The van der Waals surface area contributed by atoms with Crippen molar-refractivity contribution in [1.82, 2.24) is 4.90 Å². The molecule has 0 aliphatic carbocycles. The van der Waals surface area contributed by atoms with Gasteiger partial charge in [0.15, 0.2) is 0 Å². The van der Waals surface area contributed by atoms with Gasteiger partial charge in [0.05, 0.1) is 18.1 Å². The van der Waals surface area contributed by atoms with Gasteiger partial charge in [-0.05, 0) is 17.2 Å². The lowest BCUT2D eigenvalue weighted by atomic mass is 9.95. The van der Waals surface area contributed by atoms with Crippen LogP contribution < -0.4 is 5.73 Å². The number of hydrogen-bond donors (Lipinski definition) is 1. The van der Waals surface area contributed by atoms with Gasteiger partial charge in [-0.1, -0.05) is 30.3 Å². The Balaban J connectivity index is 1.52. The normalized spacial score (nSPS) is 23.8. The quantitative estimate of drug-likeness (QED) is 0.921. The van der Waals surface area contributed by atoms with Gasteiger partial charge >= 0.3 is 0 Å². The third-order valence-corrected chi connectivity index (χ3v) is 5.94. The number of rotatable bonds is 2. The highest BCUT2D eigenvalue weighted by atomic mass is 32.1. The summed E-state index contributed by atoms with van der Waals surface area (Å²) < 4.78 is 5.47. The van der Waals surface area contributed by atoms with Crippen LogP contribution in [-0.4, -0.2) is 36.5 Å². The Morgan fingerprint density at radius 1 is 1.26 bits per heavy atom. The van der Waals surface area contributed by atoms with E-state index in [9.17, 15) is 4.79 Å². The molecule has 1 amide bonds. The SMILES string of the molecule is N[C@@H]1CN(C(=O)c2cc3c(s2)CCOC3)C[C@H]1c1ccccc1. The molecule has 2 aromatic rings. The van der Waals surface area contributed by atoms with Gasteiger partial charge in [0.2, 0.25) is 0 Å². The van der Waals surface area contributed by atoms with Crippen LogP contribution in [0.5, 0.6) is 0 Å². The highest BCUT2D eigenvalue weighted by Gasteiger charge is 2.35. The Labute approximate surface area is 139 Å². The summed E-state index contributed by atoms with van der Waals surface area (Å²) in [6, 6.07) is 12.3. The number of carbonyl (C=O) groups excluding carboxylic acids is 1.